The van der Waals surface area contributed by atoms with Crippen molar-refractivity contribution in [1.82, 2.24) is 0 Å². The molecule has 0 saturated heterocycles. The van der Waals surface area contributed by atoms with Gasteiger partial charge in [0.25, 0.3) is 0 Å². The summed E-state index contributed by atoms with van der Waals surface area (Å²) in [6.45, 7) is 9.44. The molecule has 0 radical (unpaired) electrons. The van der Waals surface area contributed by atoms with E-state index in [1.54, 1.807) is 0 Å². The van der Waals surface area contributed by atoms with Crippen LogP contribution in [0, 0.1) is 11.8 Å². The molecule has 0 atom stereocenters. The predicted octanol–water partition coefficient (Wildman–Crippen LogP) is 2.97. The van der Waals surface area contributed by atoms with Crippen molar-refractivity contribution in [2.75, 3.05) is 26.4 Å². The molecule has 2 N–H and O–H groups in total. The fraction of sp³-hybridized carbons (Fsp3) is 1.00. The summed E-state index contributed by atoms with van der Waals surface area (Å²) in [5.41, 5.74) is 5.86. The Bertz CT molecular complexity index is 211. The van der Waals surface area contributed by atoms with Gasteiger partial charge in [0.15, 0.2) is 0 Å². The van der Waals surface area contributed by atoms with E-state index in [9.17, 15) is 0 Å². The number of rotatable bonds is 8. The molecule has 3 heteroatoms. The van der Waals surface area contributed by atoms with Gasteiger partial charge >= 0.3 is 0 Å². The summed E-state index contributed by atoms with van der Waals surface area (Å²) in [7, 11) is 0. The van der Waals surface area contributed by atoms with Crippen molar-refractivity contribution in [3.8, 4) is 0 Å². The lowest BCUT2D eigenvalue weighted by molar-refractivity contribution is -0.0898. The maximum absolute atomic E-state index is 6.04. The van der Waals surface area contributed by atoms with Gasteiger partial charge in [0.2, 0.25) is 0 Å². The summed E-state index contributed by atoms with van der Waals surface area (Å²) in [6.07, 6.45) is 6.05. The molecule has 0 aliphatic heterocycles. The molecule has 0 unspecified atom stereocenters. The van der Waals surface area contributed by atoms with Crippen LogP contribution in [0.1, 0.15) is 52.9 Å². The van der Waals surface area contributed by atoms with E-state index in [1.807, 2.05) is 0 Å². The summed E-state index contributed by atoms with van der Waals surface area (Å²) in [4.78, 5) is 0. The lowest BCUT2D eigenvalue weighted by Gasteiger charge is -2.39. The molecule has 0 aromatic rings. The average molecular weight is 257 g/mol. The second-order valence-corrected chi connectivity index (χ2v) is 6.06. The van der Waals surface area contributed by atoms with Crippen LogP contribution in [0.3, 0.4) is 0 Å². The molecule has 1 aliphatic rings. The third kappa shape index (κ3) is 5.25. The molecule has 1 rings (SSSR count). The lowest BCUT2D eigenvalue weighted by atomic mass is 9.77. The molecule has 3 nitrogen and oxygen atoms in total. The van der Waals surface area contributed by atoms with Gasteiger partial charge in [0.05, 0.1) is 18.8 Å². The molecule has 0 aromatic carbocycles. The molecule has 0 spiro atoms. The maximum Gasteiger partial charge on any atom is 0.0805 e. The first kappa shape index (κ1) is 15.9. The fourth-order valence-electron chi connectivity index (χ4n) is 2.66. The van der Waals surface area contributed by atoms with E-state index in [4.69, 9.17) is 15.2 Å². The van der Waals surface area contributed by atoms with E-state index in [-0.39, 0.29) is 5.60 Å². The van der Waals surface area contributed by atoms with Crippen LogP contribution in [0.4, 0.5) is 0 Å². The van der Waals surface area contributed by atoms with Crippen molar-refractivity contribution < 1.29 is 9.47 Å². The van der Waals surface area contributed by atoms with Gasteiger partial charge in [0.1, 0.15) is 0 Å². The third-order valence-corrected chi connectivity index (χ3v) is 4.05. The van der Waals surface area contributed by atoms with Gasteiger partial charge in [-0.2, -0.15) is 0 Å². The van der Waals surface area contributed by atoms with E-state index in [0.717, 1.165) is 25.4 Å². The highest BCUT2D eigenvalue weighted by Gasteiger charge is 2.34. The molecular formula is C15H31NO2. The molecule has 1 aliphatic carbocycles. The molecule has 0 aromatic heterocycles. The molecule has 1 saturated carbocycles. The highest BCUT2D eigenvalue weighted by atomic mass is 16.5. The predicted molar refractivity (Wildman–Crippen MR) is 75.6 cm³/mol. The normalized spacial score (nSPS) is 28.8. The summed E-state index contributed by atoms with van der Waals surface area (Å²) in [5, 5.41) is 0. The smallest absolute Gasteiger partial charge is 0.0805 e. The molecular weight excluding hydrogens is 226 g/mol. The van der Waals surface area contributed by atoms with Gasteiger partial charge in [-0.1, -0.05) is 27.2 Å². The fourth-order valence-corrected chi connectivity index (χ4v) is 2.66. The Hall–Kier alpha value is -0.120. The van der Waals surface area contributed by atoms with Crippen LogP contribution in [-0.4, -0.2) is 32.0 Å². The van der Waals surface area contributed by atoms with Crippen LogP contribution in [-0.2, 0) is 9.47 Å². The minimum atomic E-state index is -0.0626. The van der Waals surface area contributed by atoms with Gasteiger partial charge in [-0.25, -0.2) is 0 Å². The largest absolute Gasteiger partial charge is 0.379 e. The van der Waals surface area contributed by atoms with E-state index < -0.39 is 0 Å². The van der Waals surface area contributed by atoms with Crippen LogP contribution >= 0.6 is 0 Å². The van der Waals surface area contributed by atoms with Gasteiger partial charge in [-0.3, -0.25) is 0 Å². The summed E-state index contributed by atoms with van der Waals surface area (Å²) < 4.78 is 11.6. The van der Waals surface area contributed by atoms with E-state index in [2.05, 4.69) is 20.8 Å². The molecule has 0 heterocycles. The zero-order chi connectivity index (χ0) is 13.4. The number of nitrogens with two attached hydrogens (primary N) is 1. The standard InChI is InChI=1S/C15H31NO2/c1-4-14-5-7-15(12-16,8-6-14)18-10-9-17-11-13(2)3/h13-14H,4-12,16H2,1-3H3. The summed E-state index contributed by atoms with van der Waals surface area (Å²) >= 11 is 0. The Labute approximate surface area is 112 Å². The number of hydrogen-bond acceptors (Lipinski definition) is 3. The van der Waals surface area contributed by atoms with Crippen molar-refractivity contribution in [3.05, 3.63) is 0 Å². The van der Waals surface area contributed by atoms with Crippen molar-refractivity contribution in [2.24, 2.45) is 17.6 Å². The van der Waals surface area contributed by atoms with E-state index in [0.29, 0.717) is 25.7 Å². The van der Waals surface area contributed by atoms with Crippen LogP contribution in [0.5, 0.6) is 0 Å². The van der Waals surface area contributed by atoms with Gasteiger partial charge < -0.3 is 15.2 Å². The highest BCUT2D eigenvalue weighted by molar-refractivity contribution is 4.88. The molecule has 0 amide bonds. The molecule has 0 bridgehead atoms. The van der Waals surface area contributed by atoms with Crippen LogP contribution < -0.4 is 5.73 Å². The first-order chi connectivity index (χ1) is 8.62. The Kier molecular flexibility index (Phi) is 7.20. The van der Waals surface area contributed by atoms with Crippen molar-refractivity contribution >= 4 is 0 Å². The van der Waals surface area contributed by atoms with Gasteiger partial charge in [-0.15, -0.1) is 0 Å². The summed E-state index contributed by atoms with van der Waals surface area (Å²) in [5.74, 6) is 1.47. The Morgan fingerprint density at radius 1 is 1.22 bits per heavy atom. The first-order valence-electron chi connectivity index (χ1n) is 7.53. The summed E-state index contributed by atoms with van der Waals surface area (Å²) in [6, 6.07) is 0. The topological polar surface area (TPSA) is 44.5 Å². The third-order valence-electron chi connectivity index (χ3n) is 4.05. The molecule has 1 fully saturated rings. The van der Waals surface area contributed by atoms with Crippen LogP contribution in [0.25, 0.3) is 0 Å². The van der Waals surface area contributed by atoms with Crippen LogP contribution in [0.15, 0.2) is 0 Å². The van der Waals surface area contributed by atoms with E-state index in [1.165, 1.54) is 19.3 Å². The minimum Gasteiger partial charge on any atom is -0.379 e. The molecule has 108 valence electrons. The Morgan fingerprint density at radius 2 is 1.89 bits per heavy atom. The van der Waals surface area contributed by atoms with Crippen molar-refractivity contribution in [2.45, 2.75) is 58.5 Å². The van der Waals surface area contributed by atoms with Crippen LogP contribution in [0.2, 0.25) is 0 Å². The second-order valence-electron chi connectivity index (χ2n) is 6.06. The lowest BCUT2D eigenvalue weighted by Crippen LogP contribution is -2.44. The maximum atomic E-state index is 6.04. The number of hydrogen-bond donors (Lipinski definition) is 1. The Morgan fingerprint density at radius 3 is 2.39 bits per heavy atom. The number of ether oxygens (including phenoxy) is 2. The average Bonchev–Trinajstić information content (AvgIpc) is 2.38. The second kappa shape index (κ2) is 8.13. The quantitative estimate of drug-likeness (QED) is 0.680. The SMILES string of the molecule is CCC1CCC(CN)(OCCOCC(C)C)CC1. The van der Waals surface area contributed by atoms with Gasteiger partial charge in [-0.05, 0) is 37.5 Å². The zero-order valence-electron chi connectivity index (χ0n) is 12.4. The molecule has 18 heavy (non-hydrogen) atoms. The zero-order valence-corrected chi connectivity index (χ0v) is 12.4. The van der Waals surface area contributed by atoms with Crippen molar-refractivity contribution in [3.63, 3.8) is 0 Å². The minimum absolute atomic E-state index is 0.0626. The van der Waals surface area contributed by atoms with Gasteiger partial charge in [0, 0.05) is 13.2 Å². The first-order valence-corrected chi connectivity index (χ1v) is 7.53. The van der Waals surface area contributed by atoms with E-state index >= 15 is 0 Å². The monoisotopic (exact) mass is 257 g/mol. The highest BCUT2D eigenvalue weighted by Crippen LogP contribution is 2.35. The van der Waals surface area contributed by atoms with Crippen molar-refractivity contribution in [1.29, 1.82) is 0 Å². The Balaban J connectivity index is 2.21.